The van der Waals surface area contributed by atoms with Gasteiger partial charge in [-0.15, -0.1) is 0 Å². The van der Waals surface area contributed by atoms with E-state index in [2.05, 4.69) is 0 Å². The third-order valence-electron chi connectivity index (χ3n) is 2.79. The molecule has 0 aromatic heterocycles. The average Bonchev–Trinajstić information content (AvgIpc) is 2.77. The molecule has 4 heteroatoms. The van der Waals surface area contributed by atoms with Crippen molar-refractivity contribution in [2.75, 3.05) is 6.54 Å². The Kier molecular flexibility index (Phi) is 3.31. The van der Waals surface area contributed by atoms with E-state index in [-0.39, 0.29) is 17.7 Å². The Balaban J connectivity index is 2.05. The highest BCUT2D eigenvalue weighted by Crippen LogP contribution is 2.22. The number of ether oxygens (including phenoxy) is 1. The molecule has 16 heavy (non-hydrogen) atoms. The number of carbonyl (C=O) groups excluding carboxylic acids is 1. The molecule has 1 aromatic carbocycles. The SMILES string of the molecule is NCC1CCC(C(=O)c2ccc(F)cc2)O1. The highest BCUT2D eigenvalue weighted by molar-refractivity contribution is 5.99. The van der Waals surface area contributed by atoms with Gasteiger partial charge in [0.1, 0.15) is 11.9 Å². The molecule has 2 rings (SSSR count). The number of rotatable bonds is 3. The van der Waals surface area contributed by atoms with Gasteiger partial charge in [0.05, 0.1) is 6.10 Å². The third-order valence-corrected chi connectivity index (χ3v) is 2.79. The lowest BCUT2D eigenvalue weighted by molar-refractivity contribution is 0.0404. The topological polar surface area (TPSA) is 52.3 Å². The van der Waals surface area contributed by atoms with Gasteiger partial charge in [-0.3, -0.25) is 4.79 Å². The second-order valence-corrected chi connectivity index (χ2v) is 3.93. The lowest BCUT2D eigenvalue weighted by atomic mass is 10.0. The Morgan fingerprint density at radius 3 is 2.62 bits per heavy atom. The molecule has 0 radical (unpaired) electrons. The van der Waals surface area contributed by atoms with Crippen molar-refractivity contribution in [3.8, 4) is 0 Å². The predicted molar refractivity (Wildman–Crippen MR) is 57.7 cm³/mol. The normalized spacial score (nSPS) is 24.6. The fourth-order valence-electron chi connectivity index (χ4n) is 1.87. The van der Waals surface area contributed by atoms with Crippen molar-refractivity contribution < 1.29 is 13.9 Å². The summed E-state index contributed by atoms with van der Waals surface area (Å²) >= 11 is 0. The van der Waals surface area contributed by atoms with Gasteiger partial charge in [0.2, 0.25) is 0 Å². The number of hydrogen-bond donors (Lipinski definition) is 1. The molecule has 1 aliphatic rings. The van der Waals surface area contributed by atoms with Crippen molar-refractivity contribution in [2.24, 2.45) is 5.73 Å². The highest BCUT2D eigenvalue weighted by Gasteiger charge is 2.30. The third kappa shape index (κ3) is 2.28. The van der Waals surface area contributed by atoms with Gasteiger partial charge in [-0.05, 0) is 37.1 Å². The molecule has 0 aliphatic carbocycles. The predicted octanol–water partition coefficient (Wildman–Crippen LogP) is 1.51. The second kappa shape index (κ2) is 4.72. The standard InChI is InChI=1S/C12H14FNO2/c13-9-3-1-8(2-4-9)12(15)11-6-5-10(7-14)16-11/h1-4,10-11H,5-7,14H2. The van der Waals surface area contributed by atoms with E-state index < -0.39 is 6.10 Å². The molecule has 1 fully saturated rings. The lowest BCUT2D eigenvalue weighted by Crippen LogP contribution is -2.25. The summed E-state index contributed by atoms with van der Waals surface area (Å²) in [6, 6.07) is 5.53. The Morgan fingerprint density at radius 1 is 1.38 bits per heavy atom. The van der Waals surface area contributed by atoms with Crippen LogP contribution in [-0.4, -0.2) is 24.5 Å². The van der Waals surface area contributed by atoms with Crippen LogP contribution in [0.4, 0.5) is 4.39 Å². The van der Waals surface area contributed by atoms with E-state index in [0.717, 1.165) is 6.42 Å². The minimum absolute atomic E-state index is 0.0191. The first-order valence-corrected chi connectivity index (χ1v) is 5.36. The maximum atomic E-state index is 12.7. The van der Waals surface area contributed by atoms with Crippen molar-refractivity contribution in [1.29, 1.82) is 0 Å². The van der Waals surface area contributed by atoms with Crippen molar-refractivity contribution in [1.82, 2.24) is 0 Å². The minimum atomic E-state index is -0.418. The summed E-state index contributed by atoms with van der Waals surface area (Å²) < 4.78 is 18.2. The van der Waals surface area contributed by atoms with E-state index in [1.165, 1.54) is 24.3 Å². The van der Waals surface area contributed by atoms with Crippen LogP contribution >= 0.6 is 0 Å². The highest BCUT2D eigenvalue weighted by atomic mass is 19.1. The van der Waals surface area contributed by atoms with Crippen molar-refractivity contribution >= 4 is 5.78 Å². The molecule has 0 bridgehead atoms. The monoisotopic (exact) mass is 223 g/mol. The smallest absolute Gasteiger partial charge is 0.191 e. The molecule has 0 spiro atoms. The molecule has 2 atom stereocenters. The zero-order chi connectivity index (χ0) is 11.5. The largest absolute Gasteiger partial charge is 0.366 e. The van der Waals surface area contributed by atoms with E-state index in [1.54, 1.807) is 0 Å². The number of Topliss-reactive ketones (excluding diaryl/α,β-unsaturated/α-hetero) is 1. The van der Waals surface area contributed by atoms with Gasteiger partial charge in [-0.25, -0.2) is 4.39 Å². The molecule has 0 saturated carbocycles. The first-order chi connectivity index (χ1) is 7.70. The zero-order valence-electron chi connectivity index (χ0n) is 8.86. The van der Waals surface area contributed by atoms with Gasteiger partial charge in [0, 0.05) is 12.1 Å². The molecule has 0 amide bonds. The van der Waals surface area contributed by atoms with Crippen LogP contribution < -0.4 is 5.73 Å². The van der Waals surface area contributed by atoms with Crippen LogP contribution in [0.5, 0.6) is 0 Å². The van der Waals surface area contributed by atoms with Gasteiger partial charge in [-0.1, -0.05) is 0 Å². The van der Waals surface area contributed by atoms with Gasteiger partial charge < -0.3 is 10.5 Å². The Labute approximate surface area is 93.4 Å². The molecule has 1 aliphatic heterocycles. The van der Waals surface area contributed by atoms with E-state index in [1.807, 2.05) is 0 Å². The fourth-order valence-corrected chi connectivity index (χ4v) is 1.87. The lowest BCUT2D eigenvalue weighted by Gasteiger charge is -2.11. The molecular formula is C12H14FNO2. The Morgan fingerprint density at radius 2 is 2.06 bits per heavy atom. The number of benzene rings is 1. The van der Waals surface area contributed by atoms with Crippen LogP contribution in [0.3, 0.4) is 0 Å². The van der Waals surface area contributed by atoms with Crippen LogP contribution in [-0.2, 0) is 4.74 Å². The zero-order valence-corrected chi connectivity index (χ0v) is 8.86. The van der Waals surface area contributed by atoms with Crippen LogP contribution in [0, 0.1) is 5.82 Å². The van der Waals surface area contributed by atoms with Crippen molar-refractivity contribution in [3.05, 3.63) is 35.6 Å². The van der Waals surface area contributed by atoms with Gasteiger partial charge >= 0.3 is 0 Å². The van der Waals surface area contributed by atoms with E-state index in [0.29, 0.717) is 18.5 Å². The molecule has 1 aromatic rings. The molecule has 1 saturated heterocycles. The first kappa shape index (κ1) is 11.2. The summed E-state index contributed by atoms with van der Waals surface area (Å²) in [6.07, 6.45) is 1.07. The quantitative estimate of drug-likeness (QED) is 0.790. The number of halogens is 1. The maximum Gasteiger partial charge on any atom is 0.191 e. The van der Waals surface area contributed by atoms with Gasteiger partial charge in [0.15, 0.2) is 5.78 Å². The van der Waals surface area contributed by atoms with Gasteiger partial charge in [-0.2, -0.15) is 0 Å². The molecule has 3 nitrogen and oxygen atoms in total. The van der Waals surface area contributed by atoms with E-state index in [4.69, 9.17) is 10.5 Å². The maximum absolute atomic E-state index is 12.7. The first-order valence-electron chi connectivity index (χ1n) is 5.36. The Bertz CT molecular complexity index is 377. The van der Waals surface area contributed by atoms with Gasteiger partial charge in [0.25, 0.3) is 0 Å². The van der Waals surface area contributed by atoms with E-state index >= 15 is 0 Å². The number of hydrogen-bond acceptors (Lipinski definition) is 3. The number of nitrogens with two attached hydrogens (primary N) is 1. The van der Waals surface area contributed by atoms with Crippen molar-refractivity contribution in [3.63, 3.8) is 0 Å². The molecule has 1 heterocycles. The molecular weight excluding hydrogens is 209 g/mol. The molecule has 2 N–H and O–H groups in total. The second-order valence-electron chi connectivity index (χ2n) is 3.93. The molecule has 2 unspecified atom stereocenters. The van der Waals surface area contributed by atoms with Crippen LogP contribution in [0.15, 0.2) is 24.3 Å². The summed E-state index contributed by atoms with van der Waals surface area (Å²) in [7, 11) is 0. The summed E-state index contributed by atoms with van der Waals surface area (Å²) in [5, 5.41) is 0. The summed E-state index contributed by atoms with van der Waals surface area (Å²) in [5.41, 5.74) is 5.96. The number of carbonyl (C=O) groups is 1. The average molecular weight is 223 g/mol. The minimum Gasteiger partial charge on any atom is -0.366 e. The van der Waals surface area contributed by atoms with Crippen LogP contribution in [0.2, 0.25) is 0 Å². The number of ketones is 1. The summed E-state index contributed by atoms with van der Waals surface area (Å²) in [5.74, 6) is -0.431. The Hall–Kier alpha value is -1.26. The molecule has 86 valence electrons. The summed E-state index contributed by atoms with van der Waals surface area (Å²) in [6.45, 7) is 0.438. The van der Waals surface area contributed by atoms with E-state index in [9.17, 15) is 9.18 Å². The van der Waals surface area contributed by atoms with Crippen LogP contribution in [0.25, 0.3) is 0 Å². The summed E-state index contributed by atoms with van der Waals surface area (Å²) in [4.78, 5) is 11.9. The fraction of sp³-hybridized carbons (Fsp3) is 0.417. The van der Waals surface area contributed by atoms with Crippen molar-refractivity contribution in [2.45, 2.75) is 25.0 Å². The van der Waals surface area contributed by atoms with Crippen LogP contribution in [0.1, 0.15) is 23.2 Å².